The van der Waals surface area contributed by atoms with Crippen molar-refractivity contribution in [2.75, 3.05) is 18.5 Å². The molecule has 0 heterocycles. The van der Waals surface area contributed by atoms with Crippen LogP contribution in [0.15, 0.2) is 48.5 Å². The maximum absolute atomic E-state index is 12.3. The zero-order chi connectivity index (χ0) is 21.2. The normalized spacial score (nSPS) is 10.5. The van der Waals surface area contributed by atoms with Crippen molar-refractivity contribution >= 4 is 23.3 Å². The molecular weight excluding hydrogens is 368 g/mol. The third kappa shape index (κ3) is 7.41. The van der Waals surface area contributed by atoms with Gasteiger partial charge in [0, 0.05) is 18.5 Å². The number of carbonyl (C=O) groups excluding carboxylic acids is 3. The molecule has 2 amide bonds. The van der Waals surface area contributed by atoms with E-state index >= 15 is 0 Å². The summed E-state index contributed by atoms with van der Waals surface area (Å²) in [6, 6.07) is 13.9. The van der Waals surface area contributed by atoms with E-state index in [0.29, 0.717) is 48.1 Å². The van der Waals surface area contributed by atoms with E-state index in [4.69, 9.17) is 4.74 Å². The monoisotopic (exact) mass is 396 g/mol. The molecule has 0 bridgehead atoms. The lowest BCUT2D eigenvalue weighted by Crippen LogP contribution is -2.28. The molecule has 0 aliphatic rings. The molecule has 2 aromatic carbocycles. The number of ketones is 1. The molecule has 0 atom stereocenters. The Hall–Kier alpha value is -3.15. The number of Topliss-reactive ketones (excluding diaryl/α,β-unsaturated/α-hetero) is 1. The Kier molecular flexibility index (Phi) is 8.40. The Morgan fingerprint density at radius 1 is 1.00 bits per heavy atom. The van der Waals surface area contributed by atoms with Gasteiger partial charge in [-0.3, -0.25) is 14.4 Å². The first-order chi connectivity index (χ1) is 13.9. The van der Waals surface area contributed by atoms with Crippen molar-refractivity contribution in [1.29, 1.82) is 0 Å². The van der Waals surface area contributed by atoms with Gasteiger partial charge in [-0.1, -0.05) is 26.0 Å². The standard InChI is InChI=1S/C23H28N2O4/c1-16(2)15-24-23(28)20-7-4-5-8-21(20)25-22(27)9-6-14-29-19-12-10-18(11-13-19)17(3)26/h4-5,7-8,10-13,16H,6,9,14-15H2,1-3H3,(H,24,28)(H,25,27). The van der Waals surface area contributed by atoms with E-state index in [2.05, 4.69) is 10.6 Å². The Balaban J connectivity index is 1.80. The van der Waals surface area contributed by atoms with Gasteiger partial charge in [0.2, 0.25) is 5.91 Å². The summed E-state index contributed by atoms with van der Waals surface area (Å²) in [5.74, 6) is 0.630. The second-order valence-corrected chi connectivity index (χ2v) is 7.23. The summed E-state index contributed by atoms with van der Waals surface area (Å²) in [5.41, 5.74) is 1.58. The summed E-state index contributed by atoms with van der Waals surface area (Å²) in [6.45, 7) is 6.51. The molecule has 0 aliphatic carbocycles. The number of ether oxygens (including phenoxy) is 1. The second-order valence-electron chi connectivity index (χ2n) is 7.23. The van der Waals surface area contributed by atoms with Crippen molar-refractivity contribution in [3.05, 3.63) is 59.7 Å². The van der Waals surface area contributed by atoms with Crippen LogP contribution in [0.1, 0.15) is 54.3 Å². The molecule has 2 aromatic rings. The number of amides is 2. The number of carbonyl (C=O) groups is 3. The lowest BCUT2D eigenvalue weighted by Gasteiger charge is -2.12. The van der Waals surface area contributed by atoms with Gasteiger partial charge in [-0.2, -0.15) is 0 Å². The minimum atomic E-state index is -0.202. The zero-order valence-corrected chi connectivity index (χ0v) is 17.2. The van der Waals surface area contributed by atoms with E-state index in [0.717, 1.165) is 0 Å². The molecule has 2 rings (SSSR count). The minimum absolute atomic E-state index is 0.00592. The van der Waals surface area contributed by atoms with Crippen LogP contribution in [0.25, 0.3) is 0 Å². The Morgan fingerprint density at radius 2 is 1.69 bits per heavy atom. The van der Waals surface area contributed by atoms with Crippen molar-refractivity contribution < 1.29 is 19.1 Å². The summed E-state index contributed by atoms with van der Waals surface area (Å²) >= 11 is 0. The summed E-state index contributed by atoms with van der Waals surface area (Å²) < 4.78 is 5.60. The molecule has 0 radical (unpaired) electrons. The molecular formula is C23H28N2O4. The largest absolute Gasteiger partial charge is 0.494 e. The Labute approximate surface area is 171 Å². The first-order valence-corrected chi connectivity index (χ1v) is 9.77. The van der Waals surface area contributed by atoms with Crippen LogP contribution in [-0.2, 0) is 4.79 Å². The van der Waals surface area contributed by atoms with Gasteiger partial charge in [-0.05, 0) is 55.7 Å². The average molecular weight is 396 g/mol. The van der Waals surface area contributed by atoms with Gasteiger partial charge in [0.25, 0.3) is 5.91 Å². The number of hydrogen-bond acceptors (Lipinski definition) is 4. The molecule has 0 saturated heterocycles. The van der Waals surface area contributed by atoms with E-state index in [1.165, 1.54) is 6.92 Å². The number of hydrogen-bond donors (Lipinski definition) is 2. The topological polar surface area (TPSA) is 84.5 Å². The van der Waals surface area contributed by atoms with E-state index < -0.39 is 0 Å². The molecule has 0 spiro atoms. The van der Waals surface area contributed by atoms with Crippen LogP contribution in [-0.4, -0.2) is 30.7 Å². The first-order valence-electron chi connectivity index (χ1n) is 9.77. The fraction of sp³-hybridized carbons (Fsp3) is 0.348. The molecule has 0 aliphatic heterocycles. The van der Waals surface area contributed by atoms with Gasteiger partial charge in [0.05, 0.1) is 17.9 Å². The molecule has 0 unspecified atom stereocenters. The van der Waals surface area contributed by atoms with Crippen molar-refractivity contribution in [3.8, 4) is 5.75 Å². The van der Waals surface area contributed by atoms with E-state index in [1.54, 1.807) is 48.5 Å². The quantitative estimate of drug-likeness (QED) is 0.468. The highest BCUT2D eigenvalue weighted by molar-refractivity contribution is 6.03. The van der Waals surface area contributed by atoms with Crippen LogP contribution in [0.2, 0.25) is 0 Å². The first kappa shape index (κ1) is 22.1. The van der Waals surface area contributed by atoms with Crippen molar-refractivity contribution in [3.63, 3.8) is 0 Å². The van der Waals surface area contributed by atoms with Gasteiger partial charge in [-0.25, -0.2) is 0 Å². The molecule has 154 valence electrons. The predicted molar refractivity (Wildman–Crippen MR) is 113 cm³/mol. The predicted octanol–water partition coefficient (Wildman–Crippen LogP) is 4.07. The van der Waals surface area contributed by atoms with Crippen LogP contribution in [0.4, 0.5) is 5.69 Å². The number of nitrogens with one attached hydrogen (secondary N) is 2. The summed E-state index contributed by atoms with van der Waals surface area (Å²) in [6.07, 6.45) is 0.801. The van der Waals surface area contributed by atoms with Crippen LogP contribution in [0, 0.1) is 5.92 Å². The Bertz CT molecular complexity index is 844. The number of anilines is 1. The van der Waals surface area contributed by atoms with Crippen LogP contribution in [0.3, 0.4) is 0 Å². The molecule has 0 fully saturated rings. The molecule has 6 heteroatoms. The number of benzene rings is 2. The van der Waals surface area contributed by atoms with Crippen LogP contribution < -0.4 is 15.4 Å². The van der Waals surface area contributed by atoms with E-state index in [1.807, 2.05) is 13.8 Å². The van der Waals surface area contributed by atoms with Crippen molar-refractivity contribution in [2.24, 2.45) is 5.92 Å². The van der Waals surface area contributed by atoms with Crippen molar-refractivity contribution in [1.82, 2.24) is 5.32 Å². The summed E-state index contributed by atoms with van der Waals surface area (Å²) in [5, 5.41) is 5.67. The number of para-hydroxylation sites is 1. The molecule has 29 heavy (non-hydrogen) atoms. The maximum Gasteiger partial charge on any atom is 0.253 e. The van der Waals surface area contributed by atoms with Gasteiger partial charge in [0.15, 0.2) is 5.78 Å². The molecule has 2 N–H and O–H groups in total. The SMILES string of the molecule is CC(=O)c1ccc(OCCCC(=O)Nc2ccccc2C(=O)NCC(C)C)cc1. The Morgan fingerprint density at radius 3 is 2.34 bits per heavy atom. The average Bonchev–Trinajstić information content (AvgIpc) is 2.70. The third-order valence-corrected chi connectivity index (χ3v) is 4.19. The number of rotatable bonds is 10. The fourth-order valence-corrected chi connectivity index (χ4v) is 2.60. The minimum Gasteiger partial charge on any atom is -0.494 e. The van der Waals surface area contributed by atoms with Gasteiger partial charge < -0.3 is 15.4 Å². The highest BCUT2D eigenvalue weighted by Crippen LogP contribution is 2.16. The van der Waals surface area contributed by atoms with E-state index in [9.17, 15) is 14.4 Å². The maximum atomic E-state index is 12.3. The lowest BCUT2D eigenvalue weighted by atomic mass is 10.1. The van der Waals surface area contributed by atoms with Gasteiger partial charge in [0.1, 0.15) is 5.75 Å². The zero-order valence-electron chi connectivity index (χ0n) is 17.2. The van der Waals surface area contributed by atoms with Crippen LogP contribution in [0.5, 0.6) is 5.75 Å². The summed E-state index contributed by atoms with van der Waals surface area (Å²) in [4.78, 5) is 35.8. The van der Waals surface area contributed by atoms with Gasteiger partial charge in [-0.15, -0.1) is 0 Å². The second kappa shape index (κ2) is 11.0. The fourth-order valence-electron chi connectivity index (χ4n) is 2.60. The third-order valence-electron chi connectivity index (χ3n) is 4.19. The summed E-state index contributed by atoms with van der Waals surface area (Å²) in [7, 11) is 0. The highest BCUT2D eigenvalue weighted by atomic mass is 16.5. The van der Waals surface area contributed by atoms with Crippen LogP contribution >= 0.6 is 0 Å². The van der Waals surface area contributed by atoms with E-state index in [-0.39, 0.29) is 24.0 Å². The lowest BCUT2D eigenvalue weighted by molar-refractivity contribution is -0.116. The van der Waals surface area contributed by atoms with Gasteiger partial charge >= 0.3 is 0 Å². The molecule has 6 nitrogen and oxygen atoms in total. The van der Waals surface area contributed by atoms with Crippen molar-refractivity contribution in [2.45, 2.75) is 33.6 Å². The smallest absolute Gasteiger partial charge is 0.253 e. The highest BCUT2D eigenvalue weighted by Gasteiger charge is 2.13. The molecule has 0 aromatic heterocycles. The molecule has 0 saturated carbocycles.